The SMILES string of the molecule is Cc1ccc(S(=O)(=O)Nc2ccc3sc(C)c(C)c3c2)cc1. The summed E-state index contributed by atoms with van der Waals surface area (Å²) in [6.45, 7) is 6.07. The molecule has 22 heavy (non-hydrogen) atoms. The number of aryl methyl sites for hydroxylation is 3. The molecular weight excluding hydrogens is 314 g/mol. The van der Waals surface area contributed by atoms with Gasteiger partial charge in [-0.05, 0) is 62.1 Å². The van der Waals surface area contributed by atoms with Crippen molar-refractivity contribution in [3.63, 3.8) is 0 Å². The summed E-state index contributed by atoms with van der Waals surface area (Å²) < 4.78 is 28.7. The standard InChI is InChI=1S/C17H17NO2S2/c1-11-4-7-15(8-5-11)22(19,20)18-14-6-9-17-16(10-14)12(2)13(3)21-17/h4-10,18H,1-3H3. The van der Waals surface area contributed by atoms with Crippen LogP contribution in [0, 0.1) is 20.8 Å². The normalized spacial score (nSPS) is 11.8. The van der Waals surface area contributed by atoms with E-state index in [4.69, 9.17) is 0 Å². The van der Waals surface area contributed by atoms with Crippen molar-refractivity contribution in [2.75, 3.05) is 4.72 Å². The Morgan fingerprint density at radius 1 is 0.955 bits per heavy atom. The van der Waals surface area contributed by atoms with Crippen LogP contribution in [0.4, 0.5) is 5.69 Å². The smallest absolute Gasteiger partial charge is 0.261 e. The van der Waals surface area contributed by atoms with E-state index < -0.39 is 10.0 Å². The van der Waals surface area contributed by atoms with Crippen LogP contribution >= 0.6 is 11.3 Å². The Labute approximate surface area is 134 Å². The zero-order valence-electron chi connectivity index (χ0n) is 12.7. The molecule has 114 valence electrons. The molecule has 5 heteroatoms. The van der Waals surface area contributed by atoms with Gasteiger partial charge in [-0.3, -0.25) is 4.72 Å². The fourth-order valence-corrected chi connectivity index (χ4v) is 4.44. The van der Waals surface area contributed by atoms with Crippen molar-refractivity contribution >= 4 is 37.1 Å². The molecule has 3 aromatic rings. The predicted octanol–water partition coefficient (Wildman–Crippen LogP) is 4.63. The molecule has 0 radical (unpaired) electrons. The molecule has 2 aromatic carbocycles. The summed E-state index contributed by atoms with van der Waals surface area (Å²) in [7, 11) is -3.55. The molecule has 0 amide bonds. The van der Waals surface area contributed by atoms with Crippen LogP contribution in [0.3, 0.4) is 0 Å². The Balaban J connectivity index is 1.98. The first-order valence-electron chi connectivity index (χ1n) is 6.96. The molecule has 0 spiro atoms. The number of rotatable bonds is 3. The minimum absolute atomic E-state index is 0.274. The van der Waals surface area contributed by atoms with Crippen molar-refractivity contribution in [1.82, 2.24) is 0 Å². The lowest BCUT2D eigenvalue weighted by molar-refractivity contribution is 0.601. The molecule has 1 aromatic heterocycles. The van der Waals surface area contributed by atoms with Crippen molar-refractivity contribution < 1.29 is 8.42 Å². The molecule has 0 aliphatic carbocycles. The fourth-order valence-electron chi connectivity index (χ4n) is 2.34. The Morgan fingerprint density at radius 2 is 1.64 bits per heavy atom. The van der Waals surface area contributed by atoms with E-state index in [1.54, 1.807) is 35.6 Å². The lowest BCUT2D eigenvalue weighted by atomic mass is 10.1. The van der Waals surface area contributed by atoms with Crippen molar-refractivity contribution in [3.05, 3.63) is 58.5 Å². The maximum absolute atomic E-state index is 12.4. The summed E-state index contributed by atoms with van der Waals surface area (Å²) in [5, 5.41) is 1.10. The molecule has 0 fully saturated rings. The first-order valence-corrected chi connectivity index (χ1v) is 9.26. The van der Waals surface area contributed by atoms with Crippen molar-refractivity contribution in [2.45, 2.75) is 25.7 Å². The van der Waals surface area contributed by atoms with Crippen LogP contribution in [0.5, 0.6) is 0 Å². The summed E-state index contributed by atoms with van der Waals surface area (Å²) in [6, 6.07) is 12.5. The van der Waals surface area contributed by atoms with E-state index in [2.05, 4.69) is 18.6 Å². The number of benzene rings is 2. The van der Waals surface area contributed by atoms with Crippen molar-refractivity contribution in [2.24, 2.45) is 0 Å². The van der Waals surface area contributed by atoms with Crippen molar-refractivity contribution in [1.29, 1.82) is 0 Å². The number of hydrogen-bond donors (Lipinski definition) is 1. The van der Waals surface area contributed by atoms with Gasteiger partial charge in [0, 0.05) is 15.3 Å². The molecule has 1 N–H and O–H groups in total. The average Bonchev–Trinajstić information content (AvgIpc) is 2.74. The molecule has 3 rings (SSSR count). The summed E-state index contributed by atoms with van der Waals surface area (Å²) in [6.07, 6.45) is 0. The van der Waals surface area contributed by atoms with Crippen LogP contribution in [-0.2, 0) is 10.0 Å². The van der Waals surface area contributed by atoms with Gasteiger partial charge in [-0.25, -0.2) is 8.42 Å². The molecule has 0 aliphatic rings. The lowest BCUT2D eigenvalue weighted by Crippen LogP contribution is -2.12. The second kappa shape index (κ2) is 5.41. The molecule has 3 nitrogen and oxygen atoms in total. The minimum atomic E-state index is -3.55. The first-order chi connectivity index (χ1) is 10.4. The highest BCUT2D eigenvalue weighted by molar-refractivity contribution is 7.92. The molecule has 0 unspecified atom stereocenters. The summed E-state index contributed by atoms with van der Waals surface area (Å²) in [5.74, 6) is 0. The first kappa shape index (κ1) is 15.1. The highest BCUT2D eigenvalue weighted by atomic mass is 32.2. The van der Waals surface area contributed by atoms with Gasteiger partial charge >= 0.3 is 0 Å². The second-order valence-electron chi connectivity index (χ2n) is 5.41. The molecule has 0 saturated carbocycles. The van der Waals surface area contributed by atoms with E-state index in [9.17, 15) is 8.42 Å². The average molecular weight is 331 g/mol. The monoisotopic (exact) mass is 331 g/mol. The van der Waals surface area contributed by atoms with Crippen LogP contribution in [-0.4, -0.2) is 8.42 Å². The summed E-state index contributed by atoms with van der Waals surface area (Å²) in [4.78, 5) is 1.53. The van der Waals surface area contributed by atoms with Gasteiger partial charge in [0.2, 0.25) is 0 Å². The van der Waals surface area contributed by atoms with Gasteiger partial charge in [-0.15, -0.1) is 11.3 Å². The van der Waals surface area contributed by atoms with Gasteiger partial charge in [0.1, 0.15) is 0 Å². The quantitative estimate of drug-likeness (QED) is 0.761. The number of fused-ring (bicyclic) bond motifs is 1. The third-order valence-electron chi connectivity index (χ3n) is 3.76. The van der Waals surface area contributed by atoms with E-state index >= 15 is 0 Å². The Bertz CT molecular complexity index is 939. The lowest BCUT2D eigenvalue weighted by Gasteiger charge is -2.08. The van der Waals surface area contributed by atoms with E-state index in [-0.39, 0.29) is 4.90 Å². The minimum Gasteiger partial charge on any atom is -0.280 e. The molecule has 0 atom stereocenters. The van der Waals surface area contributed by atoms with Crippen LogP contribution < -0.4 is 4.72 Å². The highest BCUT2D eigenvalue weighted by Gasteiger charge is 2.14. The van der Waals surface area contributed by atoms with Gasteiger partial charge in [0.05, 0.1) is 4.90 Å². The summed E-state index contributed by atoms with van der Waals surface area (Å²) >= 11 is 1.73. The Kier molecular flexibility index (Phi) is 3.70. The number of sulfonamides is 1. The maximum atomic E-state index is 12.4. The summed E-state index contributed by atoms with van der Waals surface area (Å²) in [5.41, 5.74) is 2.83. The number of anilines is 1. The van der Waals surface area contributed by atoms with Gasteiger partial charge in [-0.2, -0.15) is 0 Å². The van der Waals surface area contributed by atoms with Crippen LogP contribution in [0.25, 0.3) is 10.1 Å². The molecular formula is C17H17NO2S2. The van der Waals surface area contributed by atoms with E-state index in [0.29, 0.717) is 5.69 Å². The van der Waals surface area contributed by atoms with E-state index in [1.807, 2.05) is 25.1 Å². The van der Waals surface area contributed by atoms with Gasteiger partial charge in [0.15, 0.2) is 0 Å². The molecule has 1 heterocycles. The third-order valence-corrected chi connectivity index (χ3v) is 6.34. The number of nitrogens with one attached hydrogen (secondary N) is 1. The van der Waals surface area contributed by atoms with E-state index in [0.717, 1.165) is 10.9 Å². The number of thiophene rings is 1. The Morgan fingerprint density at radius 3 is 2.32 bits per heavy atom. The van der Waals surface area contributed by atoms with Crippen LogP contribution in [0.2, 0.25) is 0 Å². The van der Waals surface area contributed by atoms with Gasteiger partial charge in [0.25, 0.3) is 10.0 Å². The maximum Gasteiger partial charge on any atom is 0.261 e. The second-order valence-corrected chi connectivity index (χ2v) is 8.35. The molecule has 0 aliphatic heterocycles. The zero-order valence-corrected chi connectivity index (χ0v) is 14.3. The van der Waals surface area contributed by atoms with Crippen LogP contribution in [0.15, 0.2) is 47.4 Å². The fraction of sp³-hybridized carbons (Fsp3) is 0.176. The highest BCUT2D eigenvalue weighted by Crippen LogP contribution is 2.32. The molecule has 0 bridgehead atoms. The zero-order chi connectivity index (χ0) is 15.9. The molecule has 0 saturated heterocycles. The van der Waals surface area contributed by atoms with Gasteiger partial charge in [-0.1, -0.05) is 17.7 Å². The largest absolute Gasteiger partial charge is 0.280 e. The van der Waals surface area contributed by atoms with Gasteiger partial charge < -0.3 is 0 Å². The Hall–Kier alpha value is -1.85. The third kappa shape index (κ3) is 2.74. The van der Waals surface area contributed by atoms with E-state index in [1.165, 1.54) is 15.1 Å². The topological polar surface area (TPSA) is 46.2 Å². The predicted molar refractivity (Wildman–Crippen MR) is 93.3 cm³/mol. The number of hydrogen-bond acceptors (Lipinski definition) is 3. The van der Waals surface area contributed by atoms with Crippen molar-refractivity contribution in [3.8, 4) is 0 Å². The van der Waals surface area contributed by atoms with Crippen LogP contribution in [0.1, 0.15) is 16.0 Å².